The molecular weight excluding hydrogens is 196 g/mol. The first-order chi connectivity index (χ1) is 7.60. The Morgan fingerprint density at radius 3 is 2.94 bits per heavy atom. The molecule has 2 aliphatic carbocycles. The highest BCUT2D eigenvalue weighted by Gasteiger charge is 2.43. The molecule has 0 amide bonds. The summed E-state index contributed by atoms with van der Waals surface area (Å²) in [5.74, 6) is 0.807. The molecule has 1 N–H and O–H groups in total. The first kappa shape index (κ1) is 11.9. The van der Waals surface area contributed by atoms with Crippen LogP contribution in [0.2, 0.25) is 0 Å². The molecule has 0 unspecified atom stereocenters. The second kappa shape index (κ2) is 4.37. The maximum Gasteiger partial charge on any atom is 0.0641 e. The molecule has 90 valence electrons. The van der Waals surface area contributed by atoms with Crippen LogP contribution < -0.4 is 0 Å². The zero-order valence-corrected chi connectivity index (χ0v) is 10.8. The van der Waals surface area contributed by atoms with Crippen molar-refractivity contribution in [2.75, 3.05) is 6.61 Å². The van der Waals surface area contributed by atoms with E-state index in [2.05, 4.69) is 26.8 Å². The van der Waals surface area contributed by atoms with Crippen molar-refractivity contribution in [2.24, 2.45) is 11.3 Å². The predicted molar refractivity (Wildman–Crippen MR) is 68.2 cm³/mol. The van der Waals surface area contributed by atoms with Gasteiger partial charge < -0.3 is 5.11 Å². The Hall–Kier alpha value is -0.560. The molecule has 1 fully saturated rings. The van der Waals surface area contributed by atoms with Gasteiger partial charge in [0.25, 0.3) is 0 Å². The van der Waals surface area contributed by atoms with E-state index >= 15 is 0 Å². The lowest BCUT2D eigenvalue weighted by atomic mass is 9.65. The summed E-state index contributed by atoms with van der Waals surface area (Å²) in [6, 6.07) is 0. The van der Waals surface area contributed by atoms with Crippen molar-refractivity contribution in [1.29, 1.82) is 0 Å². The van der Waals surface area contributed by atoms with E-state index in [0.717, 1.165) is 5.92 Å². The molecule has 2 atom stereocenters. The molecule has 2 rings (SSSR count). The maximum atomic E-state index is 9.24. The normalized spacial score (nSPS) is 37.8. The molecule has 1 spiro atoms. The lowest BCUT2D eigenvalue weighted by Gasteiger charge is -2.40. The van der Waals surface area contributed by atoms with Crippen LogP contribution in [0.3, 0.4) is 0 Å². The van der Waals surface area contributed by atoms with Gasteiger partial charge in [0.2, 0.25) is 0 Å². The van der Waals surface area contributed by atoms with E-state index in [1.165, 1.54) is 43.3 Å². The van der Waals surface area contributed by atoms with Gasteiger partial charge in [-0.2, -0.15) is 0 Å². The summed E-state index contributed by atoms with van der Waals surface area (Å²) in [7, 11) is 0. The third-order valence-electron chi connectivity index (χ3n) is 5.02. The van der Waals surface area contributed by atoms with E-state index in [4.69, 9.17) is 0 Å². The topological polar surface area (TPSA) is 20.2 Å². The molecule has 1 saturated carbocycles. The number of aliphatic hydroxyl groups excluding tert-OH is 1. The fourth-order valence-corrected chi connectivity index (χ4v) is 3.58. The molecule has 0 bridgehead atoms. The molecule has 0 aromatic carbocycles. The van der Waals surface area contributed by atoms with Gasteiger partial charge in [0.15, 0.2) is 0 Å². The molecule has 2 aliphatic rings. The van der Waals surface area contributed by atoms with Gasteiger partial charge in [0, 0.05) is 0 Å². The Labute approximate surface area is 99.3 Å². The minimum Gasteiger partial charge on any atom is -0.392 e. The molecule has 0 heterocycles. The standard InChI is InChI=1S/C15H24O/c1-11(10-16)14-7-8-15(9-14)12(2)5-4-6-13(15)3/h5,13,16H,4,6-10H2,1-3H3/b14-11+/t13-,15+/m1/s1. The lowest BCUT2D eigenvalue weighted by Crippen LogP contribution is -2.29. The van der Waals surface area contributed by atoms with Crippen LogP contribution in [0.15, 0.2) is 22.8 Å². The molecule has 0 aromatic heterocycles. The summed E-state index contributed by atoms with van der Waals surface area (Å²) >= 11 is 0. The zero-order valence-electron chi connectivity index (χ0n) is 10.8. The number of aliphatic hydroxyl groups is 1. The highest BCUT2D eigenvalue weighted by atomic mass is 16.3. The van der Waals surface area contributed by atoms with Crippen LogP contribution >= 0.6 is 0 Å². The van der Waals surface area contributed by atoms with Crippen molar-refractivity contribution < 1.29 is 5.11 Å². The highest BCUT2D eigenvalue weighted by molar-refractivity contribution is 5.29. The van der Waals surface area contributed by atoms with E-state index in [1.807, 2.05) is 0 Å². The Morgan fingerprint density at radius 2 is 2.31 bits per heavy atom. The van der Waals surface area contributed by atoms with E-state index < -0.39 is 0 Å². The summed E-state index contributed by atoms with van der Waals surface area (Å²) in [6.07, 6.45) is 8.72. The van der Waals surface area contributed by atoms with Gasteiger partial charge in [-0.1, -0.05) is 24.1 Å². The molecule has 0 aliphatic heterocycles. The molecule has 0 saturated heterocycles. The number of rotatable bonds is 1. The van der Waals surface area contributed by atoms with Gasteiger partial charge in [-0.05, 0) is 62.9 Å². The first-order valence-corrected chi connectivity index (χ1v) is 6.56. The van der Waals surface area contributed by atoms with E-state index in [0.29, 0.717) is 5.41 Å². The van der Waals surface area contributed by atoms with Crippen LogP contribution in [0.25, 0.3) is 0 Å². The second-order valence-corrected chi connectivity index (χ2v) is 5.74. The van der Waals surface area contributed by atoms with Gasteiger partial charge in [-0.3, -0.25) is 0 Å². The summed E-state index contributed by atoms with van der Waals surface area (Å²) in [5, 5.41) is 9.24. The maximum absolute atomic E-state index is 9.24. The monoisotopic (exact) mass is 220 g/mol. The number of hydrogen-bond acceptors (Lipinski definition) is 1. The molecule has 0 radical (unpaired) electrons. The number of hydrogen-bond donors (Lipinski definition) is 1. The fourth-order valence-electron chi connectivity index (χ4n) is 3.58. The van der Waals surface area contributed by atoms with E-state index in [-0.39, 0.29) is 6.61 Å². The van der Waals surface area contributed by atoms with Gasteiger partial charge in [0.05, 0.1) is 6.61 Å². The van der Waals surface area contributed by atoms with Crippen molar-refractivity contribution in [3.05, 3.63) is 22.8 Å². The van der Waals surface area contributed by atoms with Crippen molar-refractivity contribution in [1.82, 2.24) is 0 Å². The van der Waals surface area contributed by atoms with Crippen LogP contribution in [0.4, 0.5) is 0 Å². The highest BCUT2D eigenvalue weighted by Crippen LogP contribution is 2.55. The predicted octanol–water partition coefficient (Wildman–Crippen LogP) is 3.84. The van der Waals surface area contributed by atoms with Crippen LogP contribution in [0, 0.1) is 11.3 Å². The molecular formula is C15H24O. The summed E-state index contributed by atoms with van der Waals surface area (Å²) in [5.41, 5.74) is 4.77. The van der Waals surface area contributed by atoms with Crippen LogP contribution in [0.1, 0.15) is 52.9 Å². The molecule has 1 nitrogen and oxygen atoms in total. The Balaban J connectivity index is 2.29. The van der Waals surface area contributed by atoms with Crippen molar-refractivity contribution in [2.45, 2.75) is 52.9 Å². The van der Waals surface area contributed by atoms with Crippen LogP contribution in [0.5, 0.6) is 0 Å². The van der Waals surface area contributed by atoms with Crippen LogP contribution in [-0.2, 0) is 0 Å². The fraction of sp³-hybridized carbons (Fsp3) is 0.733. The molecule has 16 heavy (non-hydrogen) atoms. The van der Waals surface area contributed by atoms with E-state index in [1.54, 1.807) is 5.57 Å². The van der Waals surface area contributed by atoms with Gasteiger partial charge >= 0.3 is 0 Å². The Bertz CT molecular complexity index is 337. The minimum atomic E-state index is 0.239. The average Bonchev–Trinajstić information content (AvgIpc) is 2.72. The van der Waals surface area contributed by atoms with Gasteiger partial charge in [0.1, 0.15) is 0 Å². The lowest BCUT2D eigenvalue weighted by molar-refractivity contribution is 0.213. The van der Waals surface area contributed by atoms with Crippen molar-refractivity contribution in [3.63, 3.8) is 0 Å². The quantitative estimate of drug-likeness (QED) is 0.666. The van der Waals surface area contributed by atoms with Gasteiger partial charge in [-0.25, -0.2) is 0 Å². The van der Waals surface area contributed by atoms with E-state index in [9.17, 15) is 5.11 Å². The SMILES string of the molecule is CC1=CCC[C@@H](C)[C@]12CC/C(=C(/C)CO)C2. The minimum absolute atomic E-state index is 0.239. The largest absolute Gasteiger partial charge is 0.392 e. The smallest absolute Gasteiger partial charge is 0.0641 e. The average molecular weight is 220 g/mol. The van der Waals surface area contributed by atoms with Crippen molar-refractivity contribution >= 4 is 0 Å². The zero-order chi connectivity index (χ0) is 11.8. The first-order valence-electron chi connectivity index (χ1n) is 6.56. The third kappa shape index (κ3) is 1.75. The number of allylic oxidation sites excluding steroid dienone is 3. The van der Waals surface area contributed by atoms with Crippen LogP contribution in [-0.4, -0.2) is 11.7 Å². The molecule has 0 aromatic rings. The third-order valence-corrected chi connectivity index (χ3v) is 5.02. The molecule has 1 heteroatoms. The summed E-state index contributed by atoms with van der Waals surface area (Å²) < 4.78 is 0. The van der Waals surface area contributed by atoms with Gasteiger partial charge in [-0.15, -0.1) is 0 Å². The van der Waals surface area contributed by atoms with Crippen molar-refractivity contribution in [3.8, 4) is 0 Å². The summed E-state index contributed by atoms with van der Waals surface area (Å²) in [6.45, 7) is 7.05. The summed E-state index contributed by atoms with van der Waals surface area (Å²) in [4.78, 5) is 0. The Kier molecular flexibility index (Phi) is 3.25. The second-order valence-electron chi connectivity index (χ2n) is 5.74. The Morgan fingerprint density at radius 1 is 1.56 bits per heavy atom.